The molecule has 0 spiro atoms. The van der Waals surface area contributed by atoms with Gasteiger partial charge in [0.1, 0.15) is 11.6 Å². The second kappa shape index (κ2) is 5.35. The Morgan fingerprint density at radius 3 is 2.85 bits per heavy atom. The molecule has 1 unspecified atom stereocenters. The van der Waals surface area contributed by atoms with Gasteiger partial charge in [-0.05, 0) is 51.3 Å². The van der Waals surface area contributed by atoms with E-state index in [2.05, 4.69) is 15.9 Å². The Labute approximate surface area is 129 Å². The van der Waals surface area contributed by atoms with Gasteiger partial charge in [-0.3, -0.25) is 0 Å². The van der Waals surface area contributed by atoms with E-state index in [1.54, 1.807) is 18.2 Å². The summed E-state index contributed by atoms with van der Waals surface area (Å²) >= 11 is 9.26. The van der Waals surface area contributed by atoms with Crippen molar-refractivity contribution in [3.63, 3.8) is 0 Å². The van der Waals surface area contributed by atoms with E-state index in [1.807, 2.05) is 6.07 Å². The predicted octanol–water partition coefficient (Wildman–Crippen LogP) is 4.22. The van der Waals surface area contributed by atoms with Crippen LogP contribution in [0.1, 0.15) is 22.7 Å². The highest BCUT2D eigenvalue weighted by molar-refractivity contribution is 9.10. The minimum absolute atomic E-state index is 0.336. The lowest BCUT2D eigenvalue weighted by molar-refractivity contribution is 0.352. The van der Waals surface area contributed by atoms with Crippen LogP contribution in [0.25, 0.3) is 0 Å². The highest BCUT2D eigenvalue weighted by Crippen LogP contribution is 2.38. The first-order chi connectivity index (χ1) is 9.56. The molecule has 0 aromatic heterocycles. The van der Waals surface area contributed by atoms with Crippen LogP contribution >= 0.6 is 27.5 Å². The van der Waals surface area contributed by atoms with Crippen molar-refractivity contribution in [2.75, 3.05) is 6.61 Å². The summed E-state index contributed by atoms with van der Waals surface area (Å²) in [5, 5.41) is 0.622. The molecule has 0 amide bonds. The molecule has 1 heterocycles. The van der Waals surface area contributed by atoms with E-state index in [-0.39, 0.29) is 5.82 Å². The number of hydrogen-bond donors (Lipinski definition) is 1. The SMILES string of the molecule is NC(c1ccc(Br)c(F)c1)c1cc(Cl)cc2c1OCC2. The minimum atomic E-state index is -0.469. The maximum absolute atomic E-state index is 13.6. The number of benzene rings is 2. The van der Waals surface area contributed by atoms with Crippen LogP contribution in [0.3, 0.4) is 0 Å². The normalized spacial score (nSPS) is 14.8. The predicted molar refractivity (Wildman–Crippen MR) is 80.8 cm³/mol. The number of fused-ring (bicyclic) bond motifs is 1. The van der Waals surface area contributed by atoms with Crippen LogP contribution in [0.15, 0.2) is 34.8 Å². The average molecular weight is 357 g/mol. The van der Waals surface area contributed by atoms with Gasteiger partial charge in [0.2, 0.25) is 0 Å². The minimum Gasteiger partial charge on any atom is -0.493 e. The zero-order valence-electron chi connectivity index (χ0n) is 10.5. The summed E-state index contributed by atoms with van der Waals surface area (Å²) in [6, 6.07) is 8.08. The van der Waals surface area contributed by atoms with Crippen LogP contribution in [-0.2, 0) is 6.42 Å². The Kier molecular flexibility index (Phi) is 3.71. The molecule has 0 radical (unpaired) electrons. The Balaban J connectivity index is 2.06. The van der Waals surface area contributed by atoms with Crippen molar-refractivity contribution in [1.82, 2.24) is 0 Å². The highest BCUT2D eigenvalue weighted by Gasteiger charge is 2.22. The van der Waals surface area contributed by atoms with Gasteiger partial charge < -0.3 is 10.5 Å². The molecule has 1 aliphatic heterocycles. The standard InChI is InChI=1S/C15H12BrClFNO/c16-12-2-1-8(6-13(12)18)14(19)11-7-10(17)5-9-3-4-20-15(9)11/h1-2,5-7,14H,3-4,19H2. The Hall–Kier alpha value is -1.10. The molecule has 20 heavy (non-hydrogen) atoms. The number of nitrogens with two attached hydrogens (primary N) is 1. The highest BCUT2D eigenvalue weighted by atomic mass is 79.9. The van der Waals surface area contributed by atoms with Crippen LogP contribution in [0.2, 0.25) is 5.02 Å². The molecule has 3 rings (SSSR count). The van der Waals surface area contributed by atoms with E-state index in [4.69, 9.17) is 22.1 Å². The van der Waals surface area contributed by atoms with Crippen molar-refractivity contribution in [3.8, 4) is 5.75 Å². The van der Waals surface area contributed by atoms with Gasteiger partial charge in [-0.15, -0.1) is 0 Å². The molecular formula is C15H12BrClFNO. The van der Waals surface area contributed by atoms with Gasteiger partial charge in [0.25, 0.3) is 0 Å². The molecule has 0 saturated carbocycles. The summed E-state index contributed by atoms with van der Waals surface area (Å²) in [5.41, 5.74) is 8.80. The van der Waals surface area contributed by atoms with E-state index < -0.39 is 6.04 Å². The molecule has 0 bridgehead atoms. The van der Waals surface area contributed by atoms with Crippen molar-refractivity contribution in [2.24, 2.45) is 5.73 Å². The van der Waals surface area contributed by atoms with Crippen LogP contribution < -0.4 is 10.5 Å². The topological polar surface area (TPSA) is 35.2 Å². The monoisotopic (exact) mass is 355 g/mol. The molecule has 0 saturated heterocycles. The molecule has 2 nitrogen and oxygen atoms in total. The van der Waals surface area contributed by atoms with Gasteiger partial charge >= 0.3 is 0 Å². The number of ether oxygens (including phenoxy) is 1. The van der Waals surface area contributed by atoms with Crippen molar-refractivity contribution in [3.05, 3.63) is 62.3 Å². The second-order valence-electron chi connectivity index (χ2n) is 4.73. The Morgan fingerprint density at radius 1 is 1.30 bits per heavy atom. The van der Waals surface area contributed by atoms with E-state index in [9.17, 15) is 4.39 Å². The van der Waals surface area contributed by atoms with Gasteiger partial charge in [0.15, 0.2) is 0 Å². The smallest absolute Gasteiger partial charge is 0.137 e. The summed E-state index contributed by atoms with van der Waals surface area (Å²) < 4.78 is 19.7. The Morgan fingerprint density at radius 2 is 2.10 bits per heavy atom. The summed E-state index contributed by atoms with van der Waals surface area (Å²) in [6.07, 6.45) is 0.824. The maximum atomic E-state index is 13.6. The fourth-order valence-corrected chi connectivity index (χ4v) is 2.91. The third-order valence-corrected chi connectivity index (χ3v) is 4.28. The fraction of sp³-hybridized carbons (Fsp3) is 0.200. The maximum Gasteiger partial charge on any atom is 0.137 e. The lowest BCUT2D eigenvalue weighted by Gasteiger charge is -2.17. The van der Waals surface area contributed by atoms with Crippen molar-refractivity contribution < 1.29 is 9.13 Å². The summed E-state index contributed by atoms with van der Waals surface area (Å²) in [4.78, 5) is 0. The van der Waals surface area contributed by atoms with Crippen molar-refractivity contribution in [2.45, 2.75) is 12.5 Å². The molecule has 0 aliphatic carbocycles. The molecule has 1 atom stereocenters. The lowest BCUT2D eigenvalue weighted by Crippen LogP contribution is -2.13. The first kappa shape index (κ1) is 13.9. The first-order valence-electron chi connectivity index (χ1n) is 6.22. The third-order valence-electron chi connectivity index (χ3n) is 3.41. The number of halogens is 3. The van der Waals surface area contributed by atoms with E-state index >= 15 is 0 Å². The van der Waals surface area contributed by atoms with Gasteiger partial charge in [0.05, 0.1) is 17.1 Å². The zero-order valence-corrected chi connectivity index (χ0v) is 12.8. The van der Waals surface area contributed by atoms with Gasteiger partial charge in [-0.2, -0.15) is 0 Å². The van der Waals surface area contributed by atoms with Crippen LogP contribution in [0.4, 0.5) is 4.39 Å². The van der Waals surface area contributed by atoms with E-state index in [1.165, 1.54) is 6.07 Å². The fourth-order valence-electron chi connectivity index (χ4n) is 2.41. The molecule has 104 valence electrons. The van der Waals surface area contributed by atoms with Crippen LogP contribution in [0.5, 0.6) is 5.75 Å². The largest absolute Gasteiger partial charge is 0.493 e. The summed E-state index contributed by atoms with van der Waals surface area (Å²) in [5.74, 6) is 0.447. The van der Waals surface area contributed by atoms with Gasteiger partial charge in [0, 0.05) is 17.0 Å². The summed E-state index contributed by atoms with van der Waals surface area (Å²) in [7, 11) is 0. The van der Waals surface area contributed by atoms with Crippen LogP contribution in [0, 0.1) is 5.82 Å². The molecule has 5 heteroatoms. The third kappa shape index (κ3) is 2.43. The molecule has 2 aromatic carbocycles. The zero-order chi connectivity index (χ0) is 14.3. The molecule has 0 fully saturated rings. The lowest BCUT2D eigenvalue weighted by atomic mass is 9.96. The molecule has 2 aromatic rings. The summed E-state index contributed by atoms with van der Waals surface area (Å²) in [6.45, 7) is 0.629. The van der Waals surface area contributed by atoms with Crippen molar-refractivity contribution in [1.29, 1.82) is 0 Å². The van der Waals surface area contributed by atoms with Crippen molar-refractivity contribution >= 4 is 27.5 Å². The van der Waals surface area contributed by atoms with Crippen LogP contribution in [-0.4, -0.2) is 6.61 Å². The molecular weight excluding hydrogens is 345 g/mol. The quantitative estimate of drug-likeness (QED) is 0.874. The average Bonchev–Trinajstić information content (AvgIpc) is 2.88. The first-order valence-corrected chi connectivity index (χ1v) is 7.39. The van der Waals surface area contributed by atoms with Gasteiger partial charge in [-0.1, -0.05) is 17.7 Å². The van der Waals surface area contributed by atoms with Gasteiger partial charge in [-0.25, -0.2) is 4.39 Å². The number of rotatable bonds is 2. The van der Waals surface area contributed by atoms with E-state index in [0.717, 1.165) is 23.3 Å². The van der Waals surface area contributed by atoms with E-state index in [0.29, 0.717) is 21.7 Å². The number of hydrogen-bond acceptors (Lipinski definition) is 2. The molecule has 1 aliphatic rings. The second-order valence-corrected chi connectivity index (χ2v) is 6.02. The molecule has 2 N–H and O–H groups in total. The Bertz CT molecular complexity index is 677.